The summed E-state index contributed by atoms with van der Waals surface area (Å²) in [5.41, 5.74) is 11.9. The Kier molecular flexibility index (Phi) is 5.36. The molecule has 4 rings (SSSR count). The first-order chi connectivity index (χ1) is 14.6. The molecule has 0 saturated heterocycles. The Morgan fingerprint density at radius 3 is 2.84 bits per heavy atom. The number of aliphatic imine (C=N–C) groups is 1. The number of fused-ring (bicyclic) bond motifs is 1. The first kappa shape index (κ1) is 21.1. The largest absolute Gasteiger partial charge is 0.396 e. The van der Waals surface area contributed by atoms with E-state index in [0.29, 0.717) is 28.6 Å². The summed E-state index contributed by atoms with van der Waals surface area (Å²) in [5.74, 6) is -1.95. The van der Waals surface area contributed by atoms with Gasteiger partial charge in [0.05, 0.1) is 11.4 Å². The Morgan fingerprint density at radius 1 is 1.35 bits per heavy atom. The van der Waals surface area contributed by atoms with Crippen molar-refractivity contribution in [2.75, 3.05) is 17.7 Å². The molecule has 0 saturated carbocycles. The van der Waals surface area contributed by atoms with Crippen LogP contribution in [0, 0.1) is 0 Å². The van der Waals surface area contributed by atoms with Gasteiger partial charge >= 0.3 is 0 Å². The van der Waals surface area contributed by atoms with Crippen LogP contribution in [0.15, 0.2) is 64.9 Å². The van der Waals surface area contributed by atoms with Crippen molar-refractivity contribution in [2.24, 2.45) is 4.99 Å². The lowest BCUT2D eigenvalue weighted by molar-refractivity contribution is 0.0175. The predicted molar refractivity (Wildman–Crippen MR) is 122 cm³/mol. The summed E-state index contributed by atoms with van der Waals surface area (Å²) in [6.07, 6.45) is -0.381. The minimum atomic E-state index is -2.93. The highest BCUT2D eigenvalue weighted by Crippen LogP contribution is 2.32. The van der Waals surface area contributed by atoms with Gasteiger partial charge in [-0.05, 0) is 30.5 Å². The molecule has 1 atom stereocenters. The third kappa shape index (κ3) is 4.21. The van der Waals surface area contributed by atoms with Gasteiger partial charge in [-0.1, -0.05) is 36.5 Å². The van der Waals surface area contributed by atoms with Crippen LogP contribution >= 0.6 is 11.8 Å². The van der Waals surface area contributed by atoms with Crippen LogP contribution in [-0.2, 0) is 5.92 Å². The molecule has 0 radical (unpaired) electrons. The summed E-state index contributed by atoms with van der Waals surface area (Å²) in [6.45, 7) is 6.93. The maximum atomic E-state index is 13.7. The molecule has 2 aliphatic heterocycles. The van der Waals surface area contributed by atoms with Crippen molar-refractivity contribution in [3.8, 4) is 11.3 Å². The summed E-state index contributed by atoms with van der Waals surface area (Å²) in [5, 5.41) is 7.98. The van der Waals surface area contributed by atoms with Crippen LogP contribution in [0.3, 0.4) is 0 Å². The summed E-state index contributed by atoms with van der Waals surface area (Å²) in [4.78, 5) is 10.9. The van der Waals surface area contributed by atoms with Gasteiger partial charge in [0.25, 0.3) is 5.92 Å². The average Bonchev–Trinajstić information content (AvgIpc) is 3.28. The van der Waals surface area contributed by atoms with Gasteiger partial charge in [-0.3, -0.25) is 5.01 Å². The standard InChI is InChI=1S/C21H23F2N7S/c1-12-11-31-20-27-19(28-30(12)20)25-13(2)29(4)18-16(24)8-9-17(26-18)14-6-5-7-15(10-14)21(3,22)23/h5-11,19,25,28H,2,24H2,1,3-4H3. The average molecular weight is 444 g/mol. The van der Waals surface area contributed by atoms with Crippen molar-refractivity contribution < 1.29 is 8.78 Å². The predicted octanol–water partition coefficient (Wildman–Crippen LogP) is 4.01. The normalized spacial score (nSPS) is 17.8. The van der Waals surface area contributed by atoms with E-state index in [1.54, 1.807) is 48.0 Å². The van der Waals surface area contributed by atoms with Crippen LogP contribution in [0.2, 0.25) is 0 Å². The minimum Gasteiger partial charge on any atom is -0.396 e. The number of allylic oxidation sites excluding steroid dienone is 1. The fourth-order valence-electron chi connectivity index (χ4n) is 3.19. The number of hydrazine groups is 1. The number of hydrogen-bond donors (Lipinski definition) is 3. The molecule has 7 nitrogen and oxygen atoms in total. The molecule has 0 bridgehead atoms. The number of nitrogens with one attached hydrogen (secondary N) is 2. The van der Waals surface area contributed by atoms with E-state index in [9.17, 15) is 8.78 Å². The van der Waals surface area contributed by atoms with Crippen LogP contribution < -0.4 is 21.4 Å². The van der Waals surface area contributed by atoms with Gasteiger partial charge < -0.3 is 16.0 Å². The molecule has 4 N–H and O–H groups in total. The number of nitrogens with two attached hydrogens (primary N) is 1. The van der Waals surface area contributed by atoms with Crippen LogP contribution in [0.25, 0.3) is 11.3 Å². The Labute approximate surface area is 183 Å². The number of pyridine rings is 1. The third-order valence-corrected chi connectivity index (χ3v) is 5.92. The monoisotopic (exact) mass is 443 g/mol. The van der Waals surface area contributed by atoms with E-state index in [4.69, 9.17) is 5.73 Å². The molecule has 0 amide bonds. The molecular formula is C21H23F2N7S. The molecular weight excluding hydrogens is 420 g/mol. The number of nitrogen functional groups attached to an aromatic ring is 1. The second kappa shape index (κ2) is 7.86. The fraction of sp³-hybridized carbons (Fsp3) is 0.238. The van der Waals surface area contributed by atoms with E-state index >= 15 is 0 Å². The Bertz CT molecular complexity index is 1090. The molecule has 0 aliphatic carbocycles. The third-order valence-electron chi connectivity index (χ3n) is 4.97. The SMILES string of the molecule is C=C(NC1N=C2SC=C(C)N2N1)N(C)c1nc(-c2cccc(C(C)(F)F)c2)ccc1N. The van der Waals surface area contributed by atoms with Crippen LogP contribution in [0.1, 0.15) is 19.4 Å². The number of amidine groups is 1. The topological polar surface area (TPSA) is 81.8 Å². The van der Waals surface area contributed by atoms with Crippen molar-refractivity contribution in [1.82, 2.24) is 20.7 Å². The molecule has 10 heteroatoms. The zero-order chi connectivity index (χ0) is 22.3. The zero-order valence-electron chi connectivity index (χ0n) is 17.4. The lowest BCUT2D eigenvalue weighted by atomic mass is 10.0. The van der Waals surface area contributed by atoms with Gasteiger partial charge in [-0.25, -0.2) is 18.8 Å². The summed E-state index contributed by atoms with van der Waals surface area (Å²) >= 11 is 1.54. The minimum absolute atomic E-state index is 0.0706. The van der Waals surface area contributed by atoms with Crippen LogP contribution in [-0.4, -0.2) is 28.5 Å². The molecule has 162 valence electrons. The van der Waals surface area contributed by atoms with Gasteiger partial charge in [-0.2, -0.15) is 5.43 Å². The highest BCUT2D eigenvalue weighted by atomic mass is 32.2. The van der Waals surface area contributed by atoms with E-state index in [1.807, 2.05) is 17.3 Å². The number of rotatable bonds is 6. The zero-order valence-corrected chi connectivity index (χ0v) is 18.2. The van der Waals surface area contributed by atoms with E-state index in [0.717, 1.165) is 17.8 Å². The van der Waals surface area contributed by atoms with E-state index in [1.165, 1.54) is 12.1 Å². The number of hydrogen-bond acceptors (Lipinski definition) is 8. The Balaban J connectivity index is 1.53. The molecule has 2 aliphatic rings. The number of benzene rings is 1. The molecule has 0 spiro atoms. The van der Waals surface area contributed by atoms with Crippen LogP contribution in [0.4, 0.5) is 20.3 Å². The van der Waals surface area contributed by atoms with Gasteiger partial charge in [0, 0.05) is 30.8 Å². The first-order valence-corrected chi connectivity index (χ1v) is 10.4. The number of anilines is 2. The van der Waals surface area contributed by atoms with Gasteiger partial charge in [0.2, 0.25) is 0 Å². The van der Waals surface area contributed by atoms with Crippen molar-refractivity contribution >= 4 is 28.4 Å². The molecule has 1 aromatic carbocycles. The highest BCUT2D eigenvalue weighted by molar-refractivity contribution is 8.16. The molecule has 1 unspecified atom stereocenters. The first-order valence-electron chi connectivity index (χ1n) is 9.55. The second-order valence-corrected chi connectivity index (χ2v) is 8.22. The quantitative estimate of drug-likeness (QED) is 0.622. The Hall–Kier alpha value is -3.11. The van der Waals surface area contributed by atoms with Gasteiger partial charge in [0.15, 0.2) is 17.3 Å². The van der Waals surface area contributed by atoms with Crippen molar-refractivity contribution in [2.45, 2.75) is 26.1 Å². The van der Waals surface area contributed by atoms with Crippen molar-refractivity contribution in [3.63, 3.8) is 0 Å². The van der Waals surface area contributed by atoms with Crippen LogP contribution in [0.5, 0.6) is 0 Å². The summed E-state index contributed by atoms with van der Waals surface area (Å²) in [6, 6.07) is 9.58. The number of thioether (sulfide) groups is 1. The summed E-state index contributed by atoms with van der Waals surface area (Å²) < 4.78 is 27.5. The van der Waals surface area contributed by atoms with Crippen molar-refractivity contribution in [3.05, 3.63) is 65.5 Å². The number of halogens is 2. The van der Waals surface area contributed by atoms with E-state index < -0.39 is 5.92 Å². The number of nitrogens with zero attached hydrogens (tertiary/aromatic N) is 4. The molecule has 31 heavy (non-hydrogen) atoms. The van der Waals surface area contributed by atoms with Crippen molar-refractivity contribution in [1.29, 1.82) is 0 Å². The molecule has 2 aromatic rings. The van der Waals surface area contributed by atoms with E-state index in [2.05, 4.69) is 27.3 Å². The lowest BCUT2D eigenvalue weighted by Crippen LogP contribution is -2.46. The number of aromatic nitrogens is 1. The maximum Gasteiger partial charge on any atom is 0.270 e. The molecule has 3 heterocycles. The number of alkyl halides is 2. The van der Waals surface area contributed by atoms with Gasteiger partial charge in [0.1, 0.15) is 5.82 Å². The molecule has 0 fully saturated rings. The lowest BCUT2D eigenvalue weighted by Gasteiger charge is -2.26. The summed E-state index contributed by atoms with van der Waals surface area (Å²) in [7, 11) is 1.78. The molecule has 1 aromatic heterocycles. The van der Waals surface area contributed by atoms with Gasteiger partial charge in [-0.15, -0.1) is 0 Å². The maximum absolute atomic E-state index is 13.7. The second-order valence-electron chi connectivity index (χ2n) is 7.38. The highest BCUT2D eigenvalue weighted by Gasteiger charge is 2.30. The smallest absolute Gasteiger partial charge is 0.270 e. The fourth-order valence-corrected chi connectivity index (χ4v) is 4.04. The van der Waals surface area contributed by atoms with E-state index in [-0.39, 0.29) is 11.9 Å². The Morgan fingerprint density at radius 2 is 2.13 bits per heavy atom.